The fraction of sp³-hybridized carbons (Fsp3) is 0.500. The first-order valence-electron chi connectivity index (χ1n) is 8.97. The van der Waals surface area contributed by atoms with Gasteiger partial charge in [0.2, 0.25) is 11.9 Å². The lowest BCUT2D eigenvalue weighted by molar-refractivity contribution is -0.133. The molecule has 1 aliphatic heterocycles. The quantitative estimate of drug-likeness (QED) is 0.861. The zero-order chi connectivity index (χ0) is 18.0. The highest BCUT2D eigenvalue weighted by Gasteiger charge is 2.26. The summed E-state index contributed by atoms with van der Waals surface area (Å²) in [6.45, 7) is 11.6. The van der Waals surface area contributed by atoms with Gasteiger partial charge in [-0.25, -0.2) is 4.98 Å². The molecule has 2 heterocycles. The summed E-state index contributed by atoms with van der Waals surface area (Å²) in [6.07, 6.45) is 4.44. The molecule has 5 heteroatoms. The summed E-state index contributed by atoms with van der Waals surface area (Å²) < 4.78 is 2.12. The first kappa shape index (κ1) is 17.5. The second kappa shape index (κ2) is 6.90. The van der Waals surface area contributed by atoms with Crippen LogP contribution in [-0.2, 0) is 4.79 Å². The number of nitrogens with zero attached hydrogens (tertiary/aromatic N) is 4. The molecule has 0 aliphatic carbocycles. The maximum Gasteiger partial charge on any atom is 0.223 e. The van der Waals surface area contributed by atoms with E-state index in [0.717, 1.165) is 37.8 Å². The molecule has 1 aromatic carbocycles. The van der Waals surface area contributed by atoms with Crippen molar-refractivity contribution in [3.05, 3.63) is 42.2 Å². The third-order valence-electron chi connectivity index (χ3n) is 4.53. The lowest BCUT2D eigenvalue weighted by atomic mass is 9.91. The molecule has 134 valence electrons. The van der Waals surface area contributed by atoms with Crippen molar-refractivity contribution in [1.29, 1.82) is 0 Å². The van der Waals surface area contributed by atoms with Gasteiger partial charge in [0.15, 0.2) is 0 Å². The molecule has 1 fully saturated rings. The summed E-state index contributed by atoms with van der Waals surface area (Å²) >= 11 is 0. The molecule has 1 aliphatic rings. The summed E-state index contributed by atoms with van der Waals surface area (Å²) in [7, 11) is 0. The van der Waals surface area contributed by atoms with Gasteiger partial charge < -0.3 is 9.80 Å². The topological polar surface area (TPSA) is 41.4 Å². The van der Waals surface area contributed by atoms with Crippen LogP contribution in [0, 0.1) is 12.3 Å². The Kier molecular flexibility index (Phi) is 4.84. The standard InChI is InChI=1S/C20H28N4O/c1-16-5-7-17(8-6-16)24-10-9-21-19(24)23-13-11-22(12-14-23)18(25)15-20(2,3)4/h5-10H,11-15H2,1-4H3. The van der Waals surface area contributed by atoms with Gasteiger partial charge in [-0.2, -0.15) is 0 Å². The minimum atomic E-state index is 0.0376. The van der Waals surface area contributed by atoms with E-state index in [9.17, 15) is 4.79 Å². The van der Waals surface area contributed by atoms with Gasteiger partial charge in [0.1, 0.15) is 0 Å². The van der Waals surface area contributed by atoms with Gasteiger partial charge in [-0.3, -0.25) is 9.36 Å². The van der Waals surface area contributed by atoms with E-state index >= 15 is 0 Å². The molecule has 1 saturated heterocycles. The molecular weight excluding hydrogens is 312 g/mol. The third-order valence-corrected chi connectivity index (χ3v) is 4.53. The Morgan fingerprint density at radius 2 is 1.72 bits per heavy atom. The van der Waals surface area contributed by atoms with Crippen LogP contribution in [0.3, 0.4) is 0 Å². The van der Waals surface area contributed by atoms with Crippen molar-refractivity contribution in [2.45, 2.75) is 34.1 Å². The van der Waals surface area contributed by atoms with Crippen molar-refractivity contribution in [3.63, 3.8) is 0 Å². The lowest BCUT2D eigenvalue weighted by Crippen LogP contribution is -2.50. The molecule has 0 N–H and O–H groups in total. The fourth-order valence-corrected chi connectivity index (χ4v) is 3.16. The lowest BCUT2D eigenvalue weighted by Gasteiger charge is -2.36. The Hall–Kier alpha value is -2.30. The first-order chi connectivity index (χ1) is 11.8. The zero-order valence-corrected chi connectivity index (χ0v) is 15.7. The van der Waals surface area contributed by atoms with Crippen LogP contribution in [0.1, 0.15) is 32.8 Å². The van der Waals surface area contributed by atoms with Gasteiger partial charge in [0, 0.05) is 50.7 Å². The van der Waals surface area contributed by atoms with Gasteiger partial charge in [-0.15, -0.1) is 0 Å². The van der Waals surface area contributed by atoms with Crippen molar-refractivity contribution in [2.24, 2.45) is 5.41 Å². The summed E-state index contributed by atoms with van der Waals surface area (Å²) in [5.74, 6) is 1.21. The molecule has 2 aromatic rings. The normalized spacial score (nSPS) is 15.5. The molecule has 3 rings (SSSR count). The van der Waals surface area contributed by atoms with E-state index in [2.05, 4.69) is 66.4 Å². The van der Waals surface area contributed by atoms with Crippen LogP contribution in [0.5, 0.6) is 0 Å². The van der Waals surface area contributed by atoms with Crippen molar-refractivity contribution in [3.8, 4) is 5.69 Å². The van der Waals surface area contributed by atoms with E-state index in [4.69, 9.17) is 0 Å². The van der Waals surface area contributed by atoms with Crippen molar-refractivity contribution < 1.29 is 4.79 Å². The molecule has 0 radical (unpaired) electrons. The smallest absolute Gasteiger partial charge is 0.223 e. The summed E-state index contributed by atoms with van der Waals surface area (Å²) in [5, 5.41) is 0. The number of rotatable bonds is 3. The molecular formula is C20H28N4O. The number of hydrogen-bond donors (Lipinski definition) is 0. The predicted octanol–water partition coefficient (Wildman–Crippen LogP) is 3.27. The van der Waals surface area contributed by atoms with E-state index in [1.54, 1.807) is 0 Å². The average molecular weight is 340 g/mol. The van der Waals surface area contributed by atoms with Crippen LogP contribution < -0.4 is 4.90 Å². The SMILES string of the molecule is Cc1ccc(-n2ccnc2N2CCN(C(=O)CC(C)(C)C)CC2)cc1. The highest BCUT2D eigenvalue weighted by molar-refractivity contribution is 5.77. The first-order valence-corrected chi connectivity index (χ1v) is 8.97. The van der Waals surface area contributed by atoms with Gasteiger partial charge in [0.25, 0.3) is 0 Å². The molecule has 1 aromatic heterocycles. The number of hydrogen-bond acceptors (Lipinski definition) is 3. The Morgan fingerprint density at radius 1 is 1.08 bits per heavy atom. The van der Waals surface area contributed by atoms with Crippen LogP contribution in [0.2, 0.25) is 0 Å². The summed E-state index contributed by atoms with van der Waals surface area (Å²) in [5.41, 5.74) is 2.40. The Morgan fingerprint density at radius 3 is 2.32 bits per heavy atom. The molecule has 0 saturated carbocycles. The Balaban J connectivity index is 1.67. The minimum absolute atomic E-state index is 0.0376. The van der Waals surface area contributed by atoms with Crippen molar-refractivity contribution in [2.75, 3.05) is 31.1 Å². The van der Waals surface area contributed by atoms with Crippen LogP contribution in [0.25, 0.3) is 5.69 Å². The second-order valence-electron chi connectivity index (χ2n) is 8.04. The second-order valence-corrected chi connectivity index (χ2v) is 8.04. The number of benzene rings is 1. The fourth-order valence-electron chi connectivity index (χ4n) is 3.16. The number of piperazine rings is 1. The molecule has 5 nitrogen and oxygen atoms in total. The molecule has 0 unspecified atom stereocenters. The number of carbonyl (C=O) groups is 1. The Labute approximate surface area is 150 Å². The van der Waals surface area contributed by atoms with Crippen LogP contribution in [-0.4, -0.2) is 46.5 Å². The van der Waals surface area contributed by atoms with Crippen LogP contribution >= 0.6 is 0 Å². The molecule has 1 amide bonds. The number of imidazole rings is 1. The average Bonchev–Trinajstić information content (AvgIpc) is 3.04. The molecule has 0 bridgehead atoms. The minimum Gasteiger partial charge on any atom is -0.339 e. The largest absolute Gasteiger partial charge is 0.339 e. The van der Waals surface area contributed by atoms with Crippen molar-refractivity contribution >= 4 is 11.9 Å². The van der Waals surface area contributed by atoms with Gasteiger partial charge in [-0.1, -0.05) is 38.5 Å². The molecule has 0 spiro atoms. The van der Waals surface area contributed by atoms with Gasteiger partial charge in [0.05, 0.1) is 0 Å². The highest BCUT2D eigenvalue weighted by Crippen LogP contribution is 2.23. The number of anilines is 1. The number of amides is 1. The van der Waals surface area contributed by atoms with Crippen molar-refractivity contribution in [1.82, 2.24) is 14.5 Å². The van der Waals surface area contributed by atoms with Crippen LogP contribution in [0.15, 0.2) is 36.7 Å². The monoisotopic (exact) mass is 340 g/mol. The zero-order valence-electron chi connectivity index (χ0n) is 15.7. The van der Waals surface area contributed by atoms with Gasteiger partial charge >= 0.3 is 0 Å². The number of aromatic nitrogens is 2. The number of carbonyl (C=O) groups excluding carboxylic acids is 1. The summed E-state index contributed by atoms with van der Waals surface area (Å²) in [6, 6.07) is 8.46. The van der Waals surface area contributed by atoms with E-state index in [1.165, 1.54) is 5.56 Å². The maximum absolute atomic E-state index is 12.4. The summed E-state index contributed by atoms with van der Waals surface area (Å²) in [4.78, 5) is 21.2. The van der Waals surface area contributed by atoms with Crippen LogP contribution in [0.4, 0.5) is 5.95 Å². The van der Waals surface area contributed by atoms with E-state index in [-0.39, 0.29) is 11.3 Å². The van der Waals surface area contributed by atoms with Gasteiger partial charge in [-0.05, 0) is 24.5 Å². The number of aryl methyl sites for hydroxylation is 1. The third kappa shape index (κ3) is 4.21. The Bertz CT molecular complexity index is 719. The highest BCUT2D eigenvalue weighted by atomic mass is 16.2. The van der Waals surface area contributed by atoms with E-state index in [0.29, 0.717) is 6.42 Å². The molecule has 0 atom stereocenters. The van der Waals surface area contributed by atoms with E-state index < -0.39 is 0 Å². The van der Waals surface area contributed by atoms with E-state index in [1.807, 2.05) is 17.3 Å². The maximum atomic E-state index is 12.4. The molecule has 25 heavy (non-hydrogen) atoms. The predicted molar refractivity (Wildman–Crippen MR) is 101 cm³/mol.